The van der Waals surface area contributed by atoms with Crippen LogP contribution in [0.5, 0.6) is 5.75 Å². The molecule has 0 N–H and O–H groups in total. The molecule has 0 spiro atoms. The summed E-state index contributed by atoms with van der Waals surface area (Å²) >= 11 is 0. The van der Waals surface area contributed by atoms with Gasteiger partial charge in [0.1, 0.15) is 11.4 Å². The molecule has 3 nitrogen and oxygen atoms in total. The lowest BCUT2D eigenvalue weighted by Crippen LogP contribution is -2.54. The van der Waals surface area contributed by atoms with Crippen LogP contribution in [0.25, 0.3) is 0 Å². The second kappa shape index (κ2) is 6.09. The zero-order valence-corrected chi connectivity index (χ0v) is 15.6. The molecule has 1 aromatic rings. The maximum atomic E-state index is 12.5. The van der Waals surface area contributed by atoms with Gasteiger partial charge in [0, 0.05) is 5.92 Å². The highest BCUT2D eigenvalue weighted by Gasteiger charge is 2.55. The van der Waals surface area contributed by atoms with Crippen molar-refractivity contribution in [1.29, 1.82) is 0 Å². The Bertz CT molecular complexity index is 636. The molecule has 0 amide bonds. The van der Waals surface area contributed by atoms with Gasteiger partial charge in [0.15, 0.2) is 0 Å². The van der Waals surface area contributed by atoms with Crippen molar-refractivity contribution >= 4 is 5.97 Å². The predicted octanol–water partition coefficient (Wildman–Crippen LogP) is 4.87. The number of esters is 1. The number of ether oxygens (including phenoxy) is 2. The van der Waals surface area contributed by atoms with Gasteiger partial charge in [-0.25, -0.2) is 0 Å². The molecule has 3 rings (SSSR count). The third-order valence-electron chi connectivity index (χ3n) is 6.32. The second-order valence-electron chi connectivity index (χ2n) is 8.29. The molecule has 3 heteroatoms. The van der Waals surface area contributed by atoms with Crippen LogP contribution in [0.3, 0.4) is 0 Å². The summed E-state index contributed by atoms with van der Waals surface area (Å²) in [5.41, 5.74) is 1.88. The normalized spacial score (nSPS) is 32.3. The maximum Gasteiger partial charge on any atom is 0.311 e. The molecule has 1 saturated carbocycles. The van der Waals surface area contributed by atoms with Crippen LogP contribution >= 0.6 is 0 Å². The Morgan fingerprint density at radius 3 is 2.71 bits per heavy atom. The average Bonchev–Trinajstić information content (AvgIpc) is 2.69. The van der Waals surface area contributed by atoms with E-state index in [1.165, 1.54) is 18.2 Å². The molecule has 0 radical (unpaired) electrons. The highest BCUT2D eigenvalue weighted by molar-refractivity contribution is 5.77. The first kappa shape index (κ1) is 17.3. The minimum absolute atomic E-state index is 0.0872. The van der Waals surface area contributed by atoms with Gasteiger partial charge in [-0.3, -0.25) is 4.79 Å². The highest BCUT2D eigenvalue weighted by Crippen LogP contribution is 2.53. The van der Waals surface area contributed by atoms with Crippen LogP contribution in [0.15, 0.2) is 18.2 Å². The van der Waals surface area contributed by atoms with E-state index in [4.69, 9.17) is 9.47 Å². The van der Waals surface area contributed by atoms with Gasteiger partial charge in [0.25, 0.3) is 0 Å². The topological polar surface area (TPSA) is 35.5 Å². The van der Waals surface area contributed by atoms with Gasteiger partial charge in [-0.1, -0.05) is 26.0 Å². The standard InChI is InChI=1S/C21H30O3/c1-14(2)15-7-9-17-16(13-15)8-10-18-20(3,19(22)23-5)11-6-12-21(18,4)24-17/h7,9,13-14,18H,6,8,10-12H2,1-5H3. The summed E-state index contributed by atoms with van der Waals surface area (Å²) in [7, 11) is 1.50. The van der Waals surface area contributed by atoms with Crippen LogP contribution in [-0.2, 0) is 16.0 Å². The van der Waals surface area contributed by atoms with Gasteiger partial charge in [-0.15, -0.1) is 0 Å². The molecule has 1 fully saturated rings. The van der Waals surface area contributed by atoms with E-state index in [9.17, 15) is 4.79 Å². The quantitative estimate of drug-likeness (QED) is 0.726. The van der Waals surface area contributed by atoms with Gasteiger partial charge in [-0.05, 0) is 69.1 Å². The van der Waals surface area contributed by atoms with Crippen LogP contribution in [-0.4, -0.2) is 18.7 Å². The number of hydrogen-bond acceptors (Lipinski definition) is 3. The number of fused-ring (bicyclic) bond motifs is 2. The molecule has 0 saturated heterocycles. The Kier molecular flexibility index (Phi) is 4.39. The zero-order chi connectivity index (χ0) is 17.5. The van der Waals surface area contributed by atoms with Crippen molar-refractivity contribution in [3.8, 4) is 5.75 Å². The second-order valence-corrected chi connectivity index (χ2v) is 8.29. The van der Waals surface area contributed by atoms with Crippen LogP contribution in [0.2, 0.25) is 0 Å². The monoisotopic (exact) mass is 330 g/mol. The molecular formula is C21H30O3. The van der Waals surface area contributed by atoms with E-state index in [1.54, 1.807) is 0 Å². The summed E-state index contributed by atoms with van der Waals surface area (Å²) < 4.78 is 11.7. The van der Waals surface area contributed by atoms with Crippen molar-refractivity contribution in [2.45, 2.75) is 71.3 Å². The van der Waals surface area contributed by atoms with Gasteiger partial charge in [0.05, 0.1) is 12.5 Å². The smallest absolute Gasteiger partial charge is 0.311 e. The summed E-state index contributed by atoms with van der Waals surface area (Å²) in [5.74, 6) is 1.60. The predicted molar refractivity (Wildman–Crippen MR) is 95.3 cm³/mol. The molecule has 0 bridgehead atoms. The molecule has 3 atom stereocenters. The number of rotatable bonds is 2. The lowest BCUT2D eigenvalue weighted by Gasteiger charge is -2.49. The molecule has 24 heavy (non-hydrogen) atoms. The molecule has 1 aliphatic heterocycles. The van der Waals surface area contributed by atoms with Gasteiger partial charge < -0.3 is 9.47 Å². The lowest BCUT2D eigenvalue weighted by molar-refractivity contribution is -0.168. The Labute approximate surface area is 145 Å². The fraction of sp³-hybridized carbons (Fsp3) is 0.667. The minimum Gasteiger partial charge on any atom is -0.487 e. The summed E-state index contributed by atoms with van der Waals surface area (Å²) in [6.45, 7) is 8.69. The number of methoxy groups -OCH3 is 1. The van der Waals surface area contributed by atoms with E-state index in [0.717, 1.165) is 37.9 Å². The lowest BCUT2D eigenvalue weighted by atomic mass is 9.59. The molecule has 1 heterocycles. The Morgan fingerprint density at radius 1 is 1.29 bits per heavy atom. The molecule has 1 aliphatic carbocycles. The van der Waals surface area contributed by atoms with E-state index < -0.39 is 5.41 Å². The minimum atomic E-state index is -0.454. The van der Waals surface area contributed by atoms with Crippen molar-refractivity contribution in [3.63, 3.8) is 0 Å². The third kappa shape index (κ3) is 2.72. The van der Waals surface area contributed by atoms with Crippen LogP contribution in [0.4, 0.5) is 0 Å². The Hall–Kier alpha value is -1.51. The fourth-order valence-electron chi connectivity index (χ4n) is 4.86. The van der Waals surface area contributed by atoms with Gasteiger partial charge in [0.2, 0.25) is 0 Å². The van der Waals surface area contributed by atoms with Crippen LogP contribution < -0.4 is 4.74 Å². The zero-order valence-electron chi connectivity index (χ0n) is 15.6. The summed E-state index contributed by atoms with van der Waals surface area (Å²) in [6.07, 6.45) is 4.81. The highest BCUT2D eigenvalue weighted by atomic mass is 16.5. The van der Waals surface area contributed by atoms with Crippen molar-refractivity contribution < 1.29 is 14.3 Å². The number of aryl methyl sites for hydroxylation is 1. The van der Waals surface area contributed by atoms with E-state index in [0.29, 0.717) is 5.92 Å². The van der Waals surface area contributed by atoms with Crippen LogP contribution in [0.1, 0.15) is 70.4 Å². The Morgan fingerprint density at radius 2 is 2.04 bits per heavy atom. The molecule has 3 unspecified atom stereocenters. The fourth-order valence-corrected chi connectivity index (χ4v) is 4.86. The molecular weight excluding hydrogens is 300 g/mol. The first-order valence-electron chi connectivity index (χ1n) is 9.20. The van der Waals surface area contributed by atoms with Gasteiger partial charge in [-0.2, -0.15) is 0 Å². The third-order valence-corrected chi connectivity index (χ3v) is 6.32. The van der Waals surface area contributed by atoms with Crippen LogP contribution in [0, 0.1) is 11.3 Å². The molecule has 132 valence electrons. The first-order valence-corrected chi connectivity index (χ1v) is 9.20. The first-order chi connectivity index (χ1) is 11.3. The number of hydrogen-bond donors (Lipinski definition) is 0. The van der Waals surface area contributed by atoms with Crippen molar-refractivity contribution in [2.75, 3.05) is 7.11 Å². The van der Waals surface area contributed by atoms with E-state index in [1.807, 2.05) is 0 Å². The molecule has 0 aromatic heterocycles. The molecule has 1 aromatic carbocycles. The summed E-state index contributed by atoms with van der Waals surface area (Å²) in [6, 6.07) is 6.59. The van der Waals surface area contributed by atoms with E-state index in [-0.39, 0.29) is 17.5 Å². The summed E-state index contributed by atoms with van der Waals surface area (Å²) in [4.78, 5) is 12.5. The average molecular weight is 330 g/mol. The number of carbonyl (C=O) groups is 1. The summed E-state index contributed by atoms with van der Waals surface area (Å²) in [5, 5.41) is 0. The maximum absolute atomic E-state index is 12.5. The van der Waals surface area contributed by atoms with Gasteiger partial charge >= 0.3 is 5.97 Å². The van der Waals surface area contributed by atoms with Crippen molar-refractivity contribution in [3.05, 3.63) is 29.3 Å². The Balaban J connectivity index is 1.99. The van der Waals surface area contributed by atoms with Crippen molar-refractivity contribution in [2.24, 2.45) is 11.3 Å². The largest absolute Gasteiger partial charge is 0.487 e. The number of carbonyl (C=O) groups excluding carboxylic acids is 1. The molecule has 2 aliphatic rings. The van der Waals surface area contributed by atoms with E-state index in [2.05, 4.69) is 45.9 Å². The SMILES string of the molecule is COC(=O)C1(C)CCCC2(C)Oc3ccc(C(C)C)cc3CCC21. The van der Waals surface area contributed by atoms with Crippen molar-refractivity contribution in [1.82, 2.24) is 0 Å². The number of benzene rings is 1. The van der Waals surface area contributed by atoms with E-state index >= 15 is 0 Å².